The minimum atomic E-state index is 0.0795. The van der Waals surface area contributed by atoms with Crippen LogP contribution in [-0.2, 0) is 9.53 Å². The lowest BCUT2D eigenvalue weighted by atomic mass is 9.95. The first-order chi connectivity index (χ1) is 8.72. The monoisotopic (exact) mass is 254 g/mol. The van der Waals surface area contributed by atoms with E-state index in [1.807, 2.05) is 11.8 Å². The summed E-state index contributed by atoms with van der Waals surface area (Å²) < 4.78 is 5.48. The van der Waals surface area contributed by atoms with E-state index < -0.39 is 0 Å². The van der Waals surface area contributed by atoms with Gasteiger partial charge in [-0.3, -0.25) is 4.79 Å². The molecule has 1 saturated heterocycles. The minimum Gasteiger partial charge on any atom is -0.381 e. The van der Waals surface area contributed by atoms with E-state index in [4.69, 9.17) is 10.5 Å². The zero-order valence-electron chi connectivity index (χ0n) is 11.4. The zero-order chi connectivity index (χ0) is 13.0. The molecule has 0 aromatic heterocycles. The first-order valence-electron chi connectivity index (χ1n) is 7.34. The van der Waals surface area contributed by atoms with Crippen LogP contribution in [0.25, 0.3) is 0 Å². The summed E-state index contributed by atoms with van der Waals surface area (Å²) in [6.07, 6.45) is 5.37. The van der Waals surface area contributed by atoms with Crippen LogP contribution in [0.3, 0.4) is 0 Å². The largest absolute Gasteiger partial charge is 0.381 e. The van der Waals surface area contributed by atoms with E-state index >= 15 is 0 Å². The number of rotatable bonds is 4. The van der Waals surface area contributed by atoms with Crippen molar-refractivity contribution in [3.63, 3.8) is 0 Å². The number of nitrogens with zero attached hydrogens (tertiary/aromatic N) is 1. The molecule has 0 bridgehead atoms. The highest BCUT2D eigenvalue weighted by Gasteiger charge is 2.35. The highest BCUT2D eigenvalue weighted by molar-refractivity contribution is 5.80. The Hall–Kier alpha value is -0.610. The first kappa shape index (κ1) is 13.8. The van der Waals surface area contributed by atoms with Gasteiger partial charge in [-0.1, -0.05) is 6.42 Å². The predicted molar refractivity (Wildman–Crippen MR) is 71.1 cm³/mol. The highest BCUT2D eigenvalue weighted by Crippen LogP contribution is 2.28. The van der Waals surface area contributed by atoms with Crippen LogP contribution < -0.4 is 5.73 Å². The average molecular weight is 254 g/mol. The van der Waals surface area contributed by atoms with Gasteiger partial charge >= 0.3 is 0 Å². The molecule has 3 atom stereocenters. The quantitative estimate of drug-likeness (QED) is 0.825. The topological polar surface area (TPSA) is 55.6 Å². The molecular formula is C14H26N2O2. The zero-order valence-corrected chi connectivity index (χ0v) is 11.4. The normalized spacial score (nSPS) is 32.8. The Bertz CT molecular complexity index is 283. The second-order valence-electron chi connectivity index (χ2n) is 5.65. The van der Waals surface area contributed by atoms with Gasteiger partial charge in [-0.15, -0.1) is 0 Å². The van der Waals surface area contributed by atoms with Crippen LogP contribution in [0.4, 0.5) is 0 Å². The van der Waals surface area contributed by atoms with Gasteiger partial charge in [-0.25, -0.2) is 0 Å². The number of likely N-dealkylation sites (tertiary alicyclic amines) is 1. The third-order valence-corrected chi connectivity index (χ3v) is 4.27. The molecule has 1 amide bonds. The van der Waals surface area contributed by atoms with E-state index in [1.165, 1.54) is 6.42 Å². The third kappa shape index (κ3) is 3.23. The Morgan fingerprint density at radius 1 is 1.33 bits per heavy atom. The molecule has 0 spiro atoms. The molecule has 1 heterocycles. The highest BCUT2D eigenvalue weighted by atomic mass is 16.5. The first-order valence-corrected chi connectivity index (χ1v) is 7.34. The van der Waals surface area contributed by atoms with Crippen molar-refractivity contribution in [2.45, 2.75) is 45.1 Å². The second kappa shape index (κ2) is 6.53. The van der Waals surface area contributed by atoms with Gasteiger partial charge in [0.25, 0.3) is 0 Å². The molecule has 1 aliphatic heterocycles. The summed E-state index contributed by atoms with van der Waals surface area (Å²) in [5, 5.41) is 0. The second-order valence-corrected chi connectivity index (χ2v) is 5.65. The van der Waals surface area contributed by atoms with Crippen LogP contribution in [0.2, 0.25) is 0 Å². The van der Waals surface area contributed by atoms with Gasteiger partial charge in [0.1, 0.15) is 0 Å². The predicted octanol–water partition coefficient (Wildman–Crippen LogP) is 1.39. The summed E-state index contributed by atoms with van der Waals surface area (Å²) in [6.45, 7) is 5.34. The fourth-order valence-electron chi connectivity index (χ4n) is 3.22. The van der Waals surface area contributed by atoms with E-state index in [0.717, 1.165) is 52.0 Å². The summed E-state index contributed by atoms with van der Waals surface area (Å²) in [4.78, 5) is 14.5. The molecular weight excluding hydrogens is 228 g/mol. The van der Waals surface area contributed by atoms with Crippen LogP contribution in [0, 0.1) is 11.8 Å². The van der Waals surface area contributed by atoms with Crippen molar-refractivity contribution < 1.29 is 9.53 Å². The number of nitrogens with two attached hydrogens (primary N) is 1. The van der Waals surface area contributed by atoms with Gasteiger partial charge in [0.2, 0.25) is 5.91 Å². The van der Waals surface area contributed by atoms with Crippen molar-refractivity contribution in [2.75, 3.05) is 26.3 Å². The Kier molecular flexibility index (Phi) is 5.01. The molecule has 2 rings (SSSR count). The lowest BCUT2D eigenvalue weighted by molar-refractivity contribution is -0.138. The fraction of sp³-hybridized carbons (Fsp3) is 0.929. The summed E-state index contributed by atoms with van der Waals surface area (Å²) in [5.74, 6) is 0.886. The van der Waals surface area contributed by atoms with Crippen molar-refractivity contribution >= 4 is 5.91 Å². The van der Waals surface area contributed by atoms with Gasteiger partial charge in [-0.2, -0.15) is 0 Å². The molecule has 4 heteroatoms. The van der Waals surface area contributed by atoms with E-state index in [-0.39, 0.29) is 12.0 Å². The number of amides is 1. The molecule has 2 N–H and O–H groups in total. The Morgan fingerprint density at radius 3 is 2.83 bits per heavy atom. The summed E-state index contributed by atoms with van der Waals surface area (Å²) in [6, 6.07) is 0.0877. The van der Waals surface area contributed by atoms with Crippen molar-refractivity contribution in [1.82, 2.24) is 4.90 Å². The number of hydrogen-bond acceptors (Lipinski definition) is 3. The van der Waals surface area contributed by atoms with Gasteiger partial charge in [0.15, 0.2) is 0 Å². The number of carbonyl (C=O) groups is 1. The van der Waals surface area contributed by atoms with Crippen molar-refractivity contribution in [3.05, 3.63) is 0 Å². The maximum absolute atomic E-state index is 12.4. The van der Waals surface area contributed by atoms with Crippen LogP contribution in [0.15, 0.2) is 0 Å². The standard InChI is InChI=1S/C14H26N2O2/c1-2-18-10-11-5-4-8-16(9-11)14(17)12-6-3-7-13(12)15/h11-13H,2-10,15H2,1H3. The Morgan fingerprint density at radius 2 is 2.17 bits per heavy atom. The molecule has 1 aliphatic carbocycles. The lowest BCUT2D eigenvalue weighted by Crippen LogP contribution is -2.46. The third-order valence-electron chi connectivity index (χ3n) is 4.27. The molecule has 104 valence electrons. The van der Waals surface area contributed by atoms with Crippen molar-refractivity contribution in [3.8, 4) is 0 Å². The van der Waals surface area contributed by atoms with Gasteiger partial charge in [0, 0.05) is 25.7 Å². The summed E-state index contributed by atoms with van der Waals surface area (Å²) >= 11 is 0. The molecule has 0 aromatic carbocycles. The summed E-state index contributed by atoms with van der Waals surface area (Å²) in [7, 11) is 0. The number of piperidine rings is 1. The lowest BCUT2D eigenvalue weighted by Gasteiger charge is -2.35. The van der Waals surface area contributed by atoms with Gasteiger partial charge in [-0.05, 0) is 38.5 Å². The van der Waals surface area contributed by atoms with Crippen LogP contribution in [-0.4, -0.2) is 43.2 Å². The molecule has 2 aliphatic rings. The maximum atomic E-state index is 12.4. The fourth-order valence-corrected chi connectivity index (χ4v) is 3.22. The van der Waals surface area contributed by atoms with Crippen LogP contribution >= 0.6 is 0 Å². The molecule has 3 unspecified atom stereocenters. The van der Waals surface area contributed by atoms with Crippen LogP contribution in [0.1, 0.15) is 39.0 Å². The van der Waals surface area contributed by atoms with Gasteiger partial charge < -0.3 is 15.4 Å². The van der Waals surface area contributed by atoms with Crippen molar-refractivity contribution in [1.29, 1.82) is 0 Å². The molecule has 2 fully saturated rings. The number of hydrogen-bond donors (Lipinski definition) is 1. The van der Waals surface area contributed by atoms with Crippen LogP contribution in [0.5, 0.6) is 0 Å². The van der Waals surface area contributed by atoms with Crippen molar-refractivity contribution in [2.24, 2.45) is 17.6 Å². The minimum absolute atomic E-state index is 0.0795. The maximum Gasteiger partial charge on any atom is 0.227 e. The smallest absolute Gasteiger partial charge is 0.227 e. The Balaban J connectivity index is 1.85. The molecule has 1 saturated carbocycles. The summed E-state index contributed by atoms with van der Waals surface area (Å²) in [5.41, 5.74) is 6.03. The molecule has 0 radical (unpaired) electrons. The molecule has 0 aromatic rings. The van der Waals surface area contributed by atoms with E-state index in [0.29, 0.717) is 11.8 Å². The van der Waals surface area contributed by atoms with E-state index in [1.54, 1.807) is 0 Å². The van der Waals surface area contributed by atoms with E-state index in [9.17, 15) is 4.79 Å². The SMILES string of the molecule is CCOCC1CCCN(C(=O)C2CCCC2N)C1. The number of carbonyl (C=O) groups excluding carboxylic acids is 1. The average Bonchev–Trinajstić information content (AvgIpc) is 2.82. The molecule has 4 nitrogen and oxygen atoms in total. The Labute approximate surface area is 110 Å². The molecule has 18 heavy (non-hydrogen) atoms. The van der Waals surface area contributed by atoms with Gasteiger partial charge in [0.05, 0.1) is 12.5 Å². The number of ether oxygens (including phenoxy) is 1. The van der Waals surface area contributed by atoms with E-state index in [2.05, 4.69) is 0 Å².